The number of rotatable bonds is 10. The van der Waals surface area contributed by atoms with E-state index in [1.54, 1.807) is 25.1 Å². The molecule has 1 atom stereocenters. The van der Waals surface area contributed by atoms with Crippen molar-refractivity contribution in [1.82, 2.24) is 14.5 Å². The number of nitrogens with one attached hydrogen (secondary N) is 1. The third kappa shape index (κ3) is 7.32. The first-order valence-corrected chi connectivity index (χ1v) is 12.8. The van der Waals surface area contributed by atoms with E-state index in [9.17, 15) is 18.0 Å². The molecule has 0 heterocycles. The maximum atomic E-state index is 13.2. The molecular formula is C22H26Cl3N3O4S. The predicted molar refractivity (Wildman–Crippen MR) is 131 cm³/mol. The first-order valence-electron chi connectivity index (χ1n) is 10.2. The van der Waals surface area contributed by atoms with Gasteiger partial charge in [-0.3, -0.25) is 9.59 Å². The standard InChI is InChI=1S/C22H26Cl3N3O4S/c1-4-11-26-22(30)15(2)28(13-16-5-10-19(24)20(25)12-16)21(29)14-27(3)33(31,32)18-8-6-17(23)7-9-18/h5-10,12,15H,4,11,13-14H2,1-3H3,(H,26,30)/t15-/m0/s1. The van der Waals surface area contributed by atoms with Gasteiger partial charge in [-0.25, -0.2) is 8.42 Å². The summed E-state index contributed by atoms with van der Waals surface area (Å²) in [6.45, 7) is 3.56. The van der Waals surface area contributed by atoms with Gasteiger partial charge in [-0.2, -0.15) is 4.31 Å². The second-order valence-electron chi connectivity index (χ2n) is 7.45. The number of amides is 2. The third-order valence-electron chi connectivity index (χ3n) is 4.93. The van der Waals surface area contributed by atoms with E-state index in [1.165, 1.54) is 36.2 Å². The minimum atomic E-state index is -3.94. The molecule has 180 valence electrons. The van der Waals surface area contributed by atoms with Crippen LogP contribution in [0.15, 0.2) is 47.4 Å². The van der Waals surface area contributed by atoms with Crippen molar-refractivity contribution in [3.05, 3.63) is 63.1 Å². The Morgan fingerprint density at radius 2 is 1.67 bits per heavy atom. The van der Waals surface area contributed by atoms with Crippen LogP contribution in [0, 0.1) is 0 Å². The maximum absolute atomic E-state index is 13.2. The molecule has 0 spiro atoms. The number of sulfonamides is 1. The molecule has 2 amide bonds. The molecule has 1 N–H and O–H groups in total. The molecule has 11 heteroatoms. The van der Waals surface area contributed by atoms with Crippen molar-refractivity contribution in [1.29, 1.82) is 0 Å². The van der Waals surface area contributed by atoms with Gasteiger partial charge in [-0.1, -0.05) is 47.8 Å². The Morgan fingerprint density at radius 1 is 1.03 bits per heavy atom. The highest BCUT2D eigenvalue weighted by molar-refractivity contribution is 7.89. The van der Waals surface area contributed by atoms with Crippen molar-refractivity contribution in [2.45, 2.75) is 37.8 Å². The molecule has 0 aliphatic heterocycles. The summed E-state index contributed by atoms with van der Waals surface area (Å²) in [5, 5.41) is 3.83. The number of likely N-dealkylation sites (N-methyl/N-ethyl adjacent to an activating group) is 1. The maximum Gasteiger partial charge on any atom is 0.243 e. The minimum absolute atomic E-state index is 0.00645. The molecule has 0 bridgehead atoms. The van der Waals surface area contributed by atoms with Crippen LogP contribution in [0.25, 0.3) is 0 Å². The smallest absolute Gasteiger partial charge is 0.243 e. The summed E-state index contributed by atoms with van der Waals surface area (Å²) in [5.74, 6) is -0.881. The summed E-state index contributed by atoms with van der Waals surface area (Å²) in [6.07, 6.45) is 0.737. The molecule has 0 fully saturated rings. The highest BCUT2D eigenvalue weighted by Gasteiger charge is 2.30. The normalized spacial score (nSPS) is 12.5. The summed E-state index contributed by atoms with van der Waals surface area (Å²) in [4.78, 5) is 27.1. The molecule has 0 saturated heterocycles. The average Bonchev–Trinajstić information content (AvgIpc) is 2.77. The van der Waals surface area contributed by atoms with Gasteiger partial charge in [0.05, 0.1) is 21.5 Å². The number of hydrogen-bond acceptors (Lipinski definition) is 4. The first-order chi connectivity index (χ1) is 15.5. The average molecular weight is 535 g/mol. The molecule has 0 aliphatic rings. The van der Waals surface area contributed by atoms with Crippen molar-refractivity contribution in [3.63, 3.8) is 0 Å². The third-order valence-corrected chi connectivity index (χ3v) is 7.74. The number of carbonyl (C=O) groups is 2. The van der Waals surface area contributed by atoms with E-state index in [-0.39, 0.29) is 17.3 Å². The Kier molecular flexibility index (Phi) is 10.00. The van der Waals surface area contributed by atoms with Crippen molar-refractivity contribution in [3.8, 4) is 0 Å². The van der Waals surface area contributed by atoms with Crippen LogP contribution in [-0.4, -0.2) is 55.6 Å². The molecule has 0 saturated carbocycles. The van der Waals surface area contributed by atoms with Gasteiger partial charge in [-0.05, 0) is 55.3 Å². The van der Waals surface area contributed by atoms with E-state index < -0.39 is 28.5 Å². The van der Waals surface area contributed by atoms with Crippen molar-refractivity contribution in [2.24, 2.45) is 0 Å². The zero-order chi connectivity index (χ0) is 24.8. The zero-order valence-electron chi connectivity index (χ0n) is 18.5. The van der Waals surface area contributed by atoms with Gasteiger partial charge >= 0.3 is 0 Å². The van der Waals surface area contributed by atoms with Crippen LogP contribution >= 0.6 is 34.8 Å². The molecule has 2 aromatic rings. The molecule has 7 nitrogen and oxygen atoms in total. The molecule has 0 aromatic heterocycles. The first kappa shape index (κ1) is 27.4. The van der Waals surface area contributed by atoms with Gasteiger partial charge in [0.1, 0.15) is 6.04 Å². The molecule has 33 heavy (non-hydrogen) atoms. The Bertz CT molecular complexity index is 1090. The van der Waals surface area contributed by atoms with E-state index in [4.69, 9.17) is 34.8 Å². The number of benzene rings is 2. The van der Waals surface area contributed by atoms with E-state index in [2.05, 4.69) is 5.32 Å². The molecule has 0 unspecified atom stereocenters. The van der Waals surface area contributed by atoms with Crippen LogP contribution in [0.1, 0.15) is 25.8 Å². The largest absolute Gasteiger partial charge is 0.354 e. The summed E-state index contributed by atoms with van der Waals surface area (Å²) in [6, 6.07) is 9.71. The Balaban J connectivity index is 2.28. The molecule has 2 rings (SSSR count). The number of carbonyl (C=O) groups excluding carboxylic acids is 2. The van der Waals surface area contributed by atoms with Gasteiger partial charge in [0, 0.05) is 25.2 Å². The van der Waals surface area contributed by atoms with Gasteiger partial charge in [0.15, 0.2) is 0 Å². The molecular weight excluding hydrogens is 509 g/mol. The van der Waals surface area contributed by atoms with Crippen molar-refractivity contribution >= 4 is 56.6 Å². The van der Waals surface area contributed by atoms with Crippen LogP contribution in [0.5, 0.6) is 0 Å². The lowest BCUT2D eigenvalue weighted by atomic mass is 10.1. The van der Waals surface area contributed by atoms with E-state index in [0.717, 1.165) is 10.7 Å². The van der Waals surface area contributed by atoms with Crippen LogP contribution in [0.2, 0.25) is 15.1 Å². The van der Waals surface area contributed by atoms with Crippen LogP contribution in [-0.2, 0) is 26.2 Å². The molecule has 0 aliphatic carbocycles. The van der Waals surface area contributed by atoms with E-state index in [1.807, 2.05) is 6.92 Å². The Hall–Kier alpha value is -1.84. The van der Waals surface area contributed by atoms with E-state index >= 15 is 0 Å². The van der Waals surface area contributed by atoms with Crippen LogP contribution in [0.4, 0.5) is 0 Å². The number of hydrogen-bond donors (Lipinski definition) is 1. The van der Waals surface area contributed by atoms with Gasteiger partial charge in [0.2, 0.25) is 21.8 Å². The summed E-state index contributed by atoms with van der Waals surface area (Å²) < 4.78 is 26.7. The quantitative estimate of drug-likeness (QED) is 0.495. The predicted octanol–water partition coefficient (Wildman–Crippen LogP) is 4.21. The fourth-order valence-electron chi connectivity index (χ4n) is 2.97. The van der Waals surface area contributed by atoms with E-state index in [0.29, 0.717) is 27.2 Å². The van der Waals surface area contributed by atoms with Crippen molar-refractivity contribution in [2.75, 3.05) is 20.1 Å². The second kappa shape index (κ2) is 12.0. The summed E-state index contributed by atoms with van der Waals surface area (Å²) in [7, 11) is -2.64. The Morgan fingerprint density at radius 3 is 2.24 bits per heavy atom. The summed E-state index contributed by atoms with van der Waals surface area (Å²) in [5.41, 5.74) is 0.649. The fourth-order valence-corrected chi connectivity index (χ4v) is 4.53. The monoisotopic (exact) mass is 533 g/mol. The fraction of sp³-hybridized carbons (Fsp3) is 0.364. The zero-order valence-corrected chi connectivity index (χ0v) is 21.6. The van der Waals surface area contributed by atoms with Crippen LogP contribution in [0.3, 0.4) is 0 Å². The van der Waals surface area contributed by atoms with Gasteiger partial charge in [0.25, 0.3) is 0 Å². The number of nitrogens with zero attached hydrogens (tertiary/aromatic N) is 2. The highest BCUT2D eigenvalue weighted by atomic mass is 35.5. The van der Waals surface area contributed by atoms with Gasteiger partial charge < -0.3 is 10.2 Å². The second-order valence-corrected chi connectivity index (χ2v) is 10.7. The minimum Gasteiger partial charge on any atom is -0.354 e. The topological polar surface area (TPSA) is 86.8 Å². The summed E-state index contributed by atoms with van der Waals surface area (Å²) >= 11 is 17.9. The molecule has 0 radical (unpaired) electrons. The Labute approximate surface area is 209 Å². The lowest BCUT2D eigenvalue weighted by Gasteiger charge is -2.30. The lowest BCUT2D eigenvalue weighted by Crippen LogP contribution is -2.50. The van der Waals surface area contributed by atoms with Crippen molar-refractivity contribution < 1.29 is 18.0 Å². The number of halogens is 3. The molecule has 2 aromatic carbocycles. The van der Waals surface area contributed by atoms with Crippen LogP contribution < -0.4 is 5.32 Å². The lowest BCUT2D eigenvalue weighted by molar-refractivity contribution is -0.140. The SMILES string of the molecule is CCCNC(=O)[C@H](C)N(Cc1ccc(Cl)c(Cl)c1)C(=O)CN(C)S(=O)(=O)c1ccc(Cl)cc1. The van der Waals surface area contributed by atoms with Gasteiger partial charge in [-0.15, -0.1) is 0 Å². The highest BCUT2D eigenvalue weighted by Crippen LogP contribution is 2.24.